The Kier molecular flexibility index (Phi) is 6.77. The fourth-order valence-corrected chi connectivity index (χ4v) is 5.81. The number of thiophene rings is 1. The van der Waals surface area contributed by atoms with E-state index in [4.69, 9.17) is 4.74 Å². The molecule has 0 atom stereocenters. The zero-order chi connectivity index (χ0) is 24.6. The fraction of sp³-hybridized carbons (Fsp3) is 0.280. The van der Waals surface area contributed by atoms with E-state index in [2.05, 4.69) is 9.97 Å². The second-order valence-electron chi connectivity index (χ2n) is 8.05. The molecule has 0 saturated carbocycles. The fourth-order valence-electron chi connectivity index (χ4n) is 3.99. The predicted molar refractivity (Wildman–Crippen MR) is 137 cm³/mol. The molecule has 0 radical (unpaired) electrons. The highest BCUT2D eigenvalue weighted by molar-refractivity contribution is 7.99. The maximum atomic E-state index is 13.0. The lowest BCUT2D eigenvalue weighted by molar-refractivity contribution is 0.0600. The molecule has 0 spiro atoms. The summed E-state index contributed by atoms with van der Waals surface area (Å²) in [5.41, 5.74) is 4.60. The lowest BCUT2D eigenvalue weighted by Crippen LogP contribution is -2.11. The van der Waals surface area contributed by atoms with Crippen LogP contribution in [0, 0.1) is 27.7 Å². The summed E-state index contributed by atoms with van der Waals surface area (Å²) in [6, 6.07) is 8.97. The van der Waals surface area contributed by atoms with Crippen LogP contribution in [0.25, 0.3) is 15.9 Å². The van der Waals surface area contributed by atoms with E-state index in [0.29, 0.717) is 28.1 Å². The van der Waals surface area contributed by atoms with E-state index >= 15 is 0 Å². The maximum absolute atomic E-state index is 13.0. The molecular formula is C25H25N3O4S2. The molecule has 3 heterocycles. The van der Waals surface area contributed by atoms with Crippen LogP contribution in [0.4, 0.5) is 0 Å². The van der Waals surface area contributed by atoms with Crippen molar-refractivity contribution >= 4 is 45.1 Å². The highest BCUT2D eigenvalue weighted by Gasteiger charge is 2.18. The summed E-state index contributed by atoms with van der Waals surface area (Å²) in [4.78, 5) is 46.4. The molecule has 0 unspecified atom stereocenters. The zero-order valence-corrected chi connectivity index (χ0v) is 21.3. The van der Waals surface area contributed by atoms with E-state index in [9.17, 15) is 14.4 Å². The van der Waals surface area contributed by atoms with Crippen molar-refractivity contribution in [1.82, 2.24) is 14.5 Å². The number of ketones is 1. The summed E-state index contributed by atoms with van der Waals surface area (Å²) in [5, 5.41) is 0.652. The van der Waals surface area contributed by atoms with Crippen LogP contribution in [0.5, 0.6) is 0 Å². The van der Waals surface area contributed by atoms with Gasteiger partial charge in [-0.1, -0.05) is 0 Å². The van der Waals surface area contributed by atoms with Crippen LogP contribution in [0.3, 0.4) is 0 Å². The highest BCUT2D eigenvalue weighted by atomic mass is 32.2. The summed E-state index contributed by atoms with van der Waals surface area (Å²) in [6.45, 7) is 7.77. The Morgan fingerprint density at radius 2 is 1.85 bits per heavy atom. The molecule has 34 heavy (non-hydrogen) atoms. The van der Waals surface area contributed by atoms with Crippen LogP contribution in [0.15, 0.2) is 35.1 Å². The number of nitrogens with one attached hydrogen (secondary N) is 1. The molecule has 176 valence electrons. The molecule has 3 aromatic heterocycles. The molecule has 0 saturated heterocycles. The van der Waals surface area contributed by atoms with Crippen LogP contribution in [0.2, 0.25) is 0 Å². The molecule has 4 rings (SSSR count). The van der Waals surface area contributed by atoms with E-state index in [1.165, 1.54) is 30.2 Å². The quantitative estimate of drug-likeness (QED) is 0.289. The van der Waals surface area contributed by atoms with Gasteiger partial charge in [-0.3, -0.25) is 9.59 Å². The van der Waals surface area contributed by atoms with Crippen molar-refractivity contribution in [2.24, 2.45) is 0 Å². The monoisotopic (exact) mass is 495 g/mol. The van der Waals surface area contributed by atoms with Crippen LogP contribution in [-0.4, -0.2) is 39.2 Å². The molecule has 9 heteroatoms. The minimum absolute atomic E-state index is 0.0155. The maximum Gasteiger partial charge on any atom is 0.337 e. The number of Topliss-reactive ketones (excluding diaryl/α,β-unsaturated/α-hetero) is 1. The minimum Gasteiger partial charge on any atom is -0.465 e. The lowest BCUT2D eigenvalue weighted by Gasteiger charge is -2.10. The molecule has 0 aliphatic heterocycles. The van der Waals surface area contributed by atoms with Crippen LogP contribution in [0.1, 0.15) is 48.4 Å². The number of fused-ring (bicyclic) bond motifs is 1. The van der Waals surface area contributed by atoms with Crippen molar-refractivity contribution in [3.63, 3.8) is 0 Å². The Hall–Kier alpha value is -3.17. The first kappa shape index (κ1) is 24.0. The summed E-state index contributed by atoms with van der Waals surface area (Å²) in [6.07, 6.45) is 0. The highest BCUT2D eigenvalue weighted by Crippen LogP contribution is 2.27. The third-order valence-electron chi connectivity index (χ3n) is 5.84. The predicted octanol–water partition coefficient (Wildman–Crippen LogP) is 4.91. The number of ether oxygens (including phenoxy) is 1. The number of carbonyl (C=O) groups excluding carboxylic acids is 2. The number of methoxy groups -OCH3 is 1. The summed E-state index contributed by atoms with van der Waals surface area (Å²) >= 11 is 2.94. The Labute approximate surface area is 205 Å². The van der Waals surface area contributed by atoms with Gasteiger partial charge in [-0.2, -0.15) is 0 Å². The van der Waals surface area contributed by atoms with Crippen molar-refractivity contribution in [2.75, 3.05) is 12.9 Å². The Morgan fingerprint density at radius 1 is 1.15 bits per heavy atom. The van der Waals surface area contributed by atoms with Crippen molar-refractivity contribution in [3.8, 4) is 5.69 Å². The van der Waals surface area contributed by atoms with Crippen LogP contribution in [-0.2, 0) is 10.5 Å². The molecule has 0 aliphatic carbocycles. The van der Waals surface area contributed by atoms with Crippen molar-refractivity contribution in [3.05, 3.63) is 79.5 Å². The number of hydrogen-bond acceptors (Lipinski definition) is 7. The van der Waals surface area contributed by atoms with Gasteiger partial charge in [-0.25, -0.2) is 9.78 Å². The summed E-state index contributed by atoms with van der Waals surface area (Å²) in [7, 11) is 1.35. The van der Waals surface area contributed by atoms with Crippen molar-refractivity contribution in [2.45, 2.75) is 33.4 Å². The van der Waals surface area contributed by atoms with Gasteiger partial charge in [0.2, 0.25) is 0 Å². The van der Waals surface area contributed by atoms with Gasteiger partial charge in [-0.05, 0) is 63.6 Å². The van der Waals surface area contributed by atoms with E-state index in [1.807, 2.05) is 50.5 Å². The molecule has 1 N–H and O–H groups in total. The second kappa shape index (κ2) is 9.60. The van der Waals surface area contributed by atoms with Gasteiger partial charge in [0.15, 0.2) is 5.78 Å². The summed E-state index contributed by atoms with van der Waals surface area (Å²) < 4.78 is 6.75. The number of rotatable bonds is 7. The Bertz CT molecular complexity index is 1460. The van der Waals surface area contributed by atoms with Gasteiger partial charge in [0.05, 0.1) is 29.6 Å². The first-order chi connectivity index (χ1) is 16.2. The number of aromatic nitrogens is 3. The topological polar surface area (TPSA) is 94.0 Å². The largest absolute Gasteiger partial charge is 0.465 e. The Morgan fingerprint density at radius 3 is 2.53 bits per heavy atom. The van der Waals surface area contributed by atoms with Gasteiger partial charge in [0.1, 0.15) is 10.7 Å². The zero-order valence-electron chi connectivity index (χ0n) is 19.6. The molecule has 0 fully saturated rings. The van der Waals surface area contributed by atoms with E-state index in [0.717, 1.165) is 32.3 Å². The number of thioether (sulfide) groups is 1. The minimum atomic E-state index is -0.389. The molecular weight excluding hydrogens is 470 g/mol. The number of aryl methyl sites for hydroxylation is 3. The number of nitrogens with zero attached hydrogens (tertiary/aromatic N) is 2. The number of aromatic amines is 1. The number of esters is 1. The van der Waals surface area contributed by atoms with Crippen LogP contribution < -0.4 is 5.56 Å². The number of hydrogen-bond donors (Lipinski definition) is 1. The van der Waals surface area contributed by atoms with Gasteiger partial charge < -0.3 is 14.3 Å². The molecule has 7 nitrogen and oxygen atoms in total. The second-order valence-corrected chi connectivity index (χ2v) is 10.2. The van der Waals surface area contributed by atoms with Gasteiger partial charge in [0.25, 0.3) is 5.56 Å². The number of H-pyrrole nitrogens is 1. The molecule has 0 amide bonds. The normalized spacial score (nSPS) is 11.2. The summed E-state index contributed by atoms with van der Waals surface area (Å²) in [5.74, 6) is 0.922. The van der Waals surface area contributed by atoms with E-state index in [-0.39, 0.29) is 23.1 Å². The molecule has 0 aliphatic rings. The average Bonchev–Trinajstić information content (AvgIpc) is 3.27. The third kappa shape index (κ3) is 4.45. The number of carbonyl (C=O) groups is 2. The van der Waals surface area contributed by atoms with Gasteiger partial charge >= 0.3 is 5.97 Å². The van der Waals surface area contributed by atoms with Gasteiger partial charge in [0, 0.05) is 27.5 Å². The molecule has 1 aromatic carbocycles. The number of benzene rings is 1. The van der Waals surface area contributed by atoms with Crippen molar-refractivity contribution in [1.29, 1.82) is 0 Å². The van der Waals surface area contributed by atoms with E-state index < -0.39 is 0 Å². The lowest BCUT2D eigenvalue weighted by atomic mass is 10.2. The van der Waals surface area contributed by atoms with Crippen LogP contribution >= 0.6 is 23.1 Å². The first-order valence-electron chi connectivity index (χ1n) is 10.7. The first-order valence-corrected chi connectivity index (χ1v) is 12.7. The third-order valence-corrected chi connectivity index (χ3v) is 7.88. The van der Waals surface area contributed by atoms with Crippen molar-refractivity contribution < 1.29 is 14.3 Å². The Balaban J connectivity index is 1.47. The standard InChI is InChI=1S/C25H25N3O4S2/c1-13-10-19(15(3)28(13)18-8-6-17(7-9-18)25(31)32-5)20(29)11-33-12-21-26-23(30)22-14(2)16(4)34-24(22)27-21/h6-10H,11-12H2,1-5H3,(H,26,27,30). The van der Waals surface area contributed by atoms with Gasteiger partial charge in [-0.15, -0.1) is 23.1 Å². The SMILES string of the molecule is COC(=O)c1ccc(-n2c(C)cc(C(=O)CSCc3nc4sc(C)c(C)c4c(=O)[nH]3)c2C)cc1. The molecule has 0 bridgehead atoms. The van der Waals surface area contributed by atoms with E-state index in [1.54, 1.807) is 12.1 Å². The molecule has 4 aromatic rings. The average molecular weight is 496 g/mol. The smallest absolute Gasteiger partial charge is 0.337 e.